The van der Waals surface area contributed by atoms with Gasteiger partial charge in [-0.3, -0.25) is 0 Å². The van der Waals surface area contributed by atoms with Crippen LogP contribution in [0, 0.1) is 17.1 Å². The molecule has 0 heterocycles. The Labute approximate surface area is 109 Å². The van der Waals surface area contributed by atoms with E-state index in [9.17, 15) is 12.8 Å². The van der Waals surface area contributed by atoms with Gasteiger partial charge in [0.1, 0.15) is 16.5 Å². The average molecular weight is 277 g/mol. The molecule has 0 unspecified atom stereocenters. The van der Waals surface area contributed by atoms with E-state index in [0.29, 0.717) is 0 Å². The van der Waals surface area contributed by atoms with Crippen LogP contribution < -0.4 is 4.18 Å². The minimum absolute atomic E-state index is 0.123. The molecule has 0 amide bonds. The maximum Gasteiger partial charge on any atom is 0.339 e. The van der Waals surface area contributed by atoms with Gasteiger partial charge in [0.05, 0.1) is 11.6 Å². The van der Waals surface area contributed by atoms with Gasteiger partial charge in [0.15, 0.2) is 0 Å². The Kier molecular flexibility index (Phi) is 3.49. The van der Waals surface area contributed by atoms with E-state index >= 15 is 0 Å². The van der Waals surface area contributed by atoms with Crippen LogP contribution in [0.25, 0.3) is 0 Å². The molecule has 6 heteroatoms. The van der Waals surface area contributed by atoms with Crippen LogP contribution in [-0.2, 0) is 10.1 Å². The number of nitrogens with zero attached hydrogens (tertiary/aromatic N) is 1. The predicted molar refractivity (Wildman–Crippen MR) is 65.4 cm³/mol. The summed E-state index contributed by atoms with van der Waals surface area (Å²) in [4.78, 5) is -0.157. The molecule has 0 spiro atoms. The topological polar surface area (TPSA) is 67.2 Å². The largest absolute Gasteiger partial charge is 0.379 e. The van der Waals surface area contributed by atoms with E-state index in [2.05, 4.69) is 0 Å². The highest BCUT2D eigenvalue weighted by Gasteiger charge is 2.17. The first kappa shape index (κ1) is 13.1. The van der Waals surface area contributed by atoms with Crippen molar-refractivity contribution in [2.24, 2.45) is 0 Å². The minimum Gasteiger partial charge on any atom is -0.379 e. The van der Waals surface area contributed by atoms with Gasteiger partial charge >= 0.3 is 10.1 Å². The maximum atomic E-state index is 12.9. The summed E-state index contributed by atoms with van der Waals surface area (Å²) in [5, 5.41) is 8.72. The van der Waals surface area contributed by atoms with Crippen molar-refractivity contribution in [2.45, 2.75) is 4.90 Å². The lowest BCUT2D eigenvalue weighted by molar-refractivity contribution is 0.483. The zero-order valence-corrected chi connectivity index (χ0v) is 10.4. The summed E-state index contributed by atoms with van der Waals surface area (Å²) < 4.78 is 41.6. The second kappa shape index (κ2) is 5.08. The fourth-order valence-electron chi connectivity index (χ4n) is 1.41. The molecule has 19 heavy (non-hydrogen) atoms. The van der Waals surface area contributed by atoms with E-state index in [1.54, 1.807) is 0 Å². The van der Waals surface area contributed by atoms with Crippen molar-refractivity contribution in [3.8, 4) is 11.8 Å². The third kappa shape index (κ3) is 3.09. The molecule has 96 valence electrons. The lowest BCUT2D eigenvalue weighted by atomic mass is 10.2. The Hall–Kier alpha value is -2.39. The van der Waals surface area contributed by atoms with Gasteiger partial charge in [-0.2, -0.15) is 13.7 Å². The predicted octanol–water partition coefficient (Wildman–Crippen LogP) is 2.47. The van der Waals surface area contributed by atoms with Crippen molar-refractivity contribution >= 4 is 10.1 Å². The highest BCUT2D eigenvalue weighted by atomic mass is 32.2. The second-order valence-corrected chi connectivity index (χ2v) is 5.18. The Morgan fingerprint density at radius 3 is 2.53 bits per heavy atom. The molecule has 2 rings (SSSR count). The van der Waals surface area contributed by atoms with Crippen molar-refractivity contribution in [3.63, 3.8) is 0 Å². The fraction of sp³-hybridized carbons (Fsp3) is 0. The Bertz CT molecular complexity index is 750. The van der Waals surface area contributed by atoms with Gasteiger partial charge in [-0.1, -0.05) is 12.1 Å². The van der Waals surface area contributed by atoms with Crippen LogP contribution in [0.1, 0.15) is 5.56 Å². The van der Waals surface area contributed by atoms with Crippen LogP contribution in [0.4, 0.5) is 4.39 Å². The molecule has 0 saturated carbocycles. The van der Waals surface area contributed by atoms with E-state index in [-0.39, 0.29) is 16.2 Å². The summed E-state index contributed by atoms with van der Waals surface area (Å²) in [7, 11) is -4.08. The molecule has 0 N–H and O–H groups in total. The zero-order chi connectivity index (χ0) is 13.9. The number of halogens is 1. The summed E-state index contributed by atoms with van der Waals surface area (Å²) in [5.74, 6) is -0.721. The Morgan fingerprint density at radius 2 is 1.84 bits per heavy atom. The van der Waals surface area contributed by atoms with E-state index < -0.39 is 15.9 Å². The molecular weight excluding hydrogens is 269 g/mol. The van der Waals surface area contributed by atoms with Crippen LogP contribution in [0.2, 0.25) is 0 Å². The summed E-state index contributed by atoms with van der Waals surface area (Å²) in [5.41, 5.74) is 0.198. The van der Waals surface area contributed by atoms with Crippen molar-refractivity contribution in [3.05, 3.63) is 59.9 Å². The lowest BCUT2D eigenvalue weighted by Crippen LogP contribution is -2.10. The average Bonchev–Trinajstić information content (AvgIpc) is 2.38. The molecule has 0 atom stereocenters. The summed E-state index contributed by atoms with van der Waals surface area (Å²) in [6.07, 6.45) is 0. The molecule has 0 fully saturated rings. The molecule has 0 aromatic heterocycles. The molecule has 0 radical (unpaired) electrons. The van der Waals surface area contributed by atoms with Gasteiger partial charge in [0, 0.05) is 6.07 Å². The molecule has 0 aliphatic carbocycles. The van der Waals surface area contributed by atoms with Gasteiger partial charge in [0.25, 0.3) is 0 Å². The summed E-state index contributed by atoms with van der Waals surface area (Å²) in [6.45, 7) is 0. The van der Waals surface area contributed by atoms with Crippen molar-refractivity contribution in [1.29, 1.82) is 5.26 Å². The quantitative estimate of drug-likeness (QED) is 0.808. The van der Waals surface area contributed by atoms with Crippen LogP contribution in [-0.4, -0.2) is 8.42 Å². The smallest absolute Gasteiger partial charge is 0.339 e. The summed E-state index contributed by atoms with van der Waals surface area (Å²) >= 11 is 0. The zero-order valence-electron chi connectivity index (χ0n) is 9.58. The highest BCUT2D eigenvalue weighted by molar-refractivity contribution is 7.87. The standard InChI is InChI=1S/C13H8FNO3S/c14-11-4-2-5-12(8-11)18-19(16,17)13-6-1-3-10(7-13)9-15/h1-8H. The first-order valence-electron chi connectivity index (χ1n) is 5.21. The van der Waals surface area contributed by atoms with E-state index in [4.69, 9.17) is 9.44 Å². The van der Waals surface area contributed by atoms with Crippen molar-refractivity contribution in [1.82, 2.24) is 0 Å². The van der Waals surface area contributed by atoms with Crippen molar-refractivity contribution in [2.75, 3.05) is 0 Å². The van der Waals surface area contributed by atoms with Crippen molar-refractivity contribution < 1.29 is 17.0 Å². The normalized spacial score (nSPS) is 10.7. The number of rotatable bonds is 3. The molecule has 2 aromatic carbocycles. The highest BCUT2D eigenvalue weighted by Crippen LogP contribution is 2.19. The van der Waals surface area contributed by atoms with Gasteiger partial charge in [-0.15, -0.1) is 0 Å². The third-order valence-electron chi connectivity index (χ3n) is 2.25. The third-order valence-corrected chi connectivity index (χ3v) is 3.50. The monoisotopic (exact) mass is 277 g/mol. The van der Waals surface area contributed by atoms with Gasteiger partial charge in [-0.05, 0) is 30.3 Å². The number of hydrogen-bond donors (Lipinski definition) is 0. The van der Waals surface area contributed by atoms with E-state index in [1.807, 2.05) is 6.07 Å². The van der Waals surface area contributed by atoms with E-state index in [0.717, 1.165) is 6.07 Å². The first-order chi connectivity index (χ1) is 9.01. The lowest BCUT2D eigenvalue weighted by Gasteiger charge is -2.07. The Morgan fingerprint density at radius 1 is 1.11 bits per heavy atom. The van der Waals surface area contributed by atoms with Crippen LogP contribution in [0.15, 0.2) is 53.4 Å². The maximum absolute atomic E-state index is 12.9. The first-order valence-corrected chi connectivity index (χ1v) is 6.62. The van der Waals surface area contributed by atoms with Gasteiger partial charge in [-0.25, -0.2) is 4.39 Å². The number of benzene rings is 2. The van der Waals surface area contributed by atoms with E-state index in [1.165, 1.54) is 42.5 Å². The molecule has 2 aromatic rings. The fourth-order valence-corrected chi connectivity index (χ4v) is 2.38. The second-order valence-electron chi connectivity index (χ2n) is 3.63. The molecule has 0 saturated heterocycles. The van der Waals surface area contributed by atoms with Crippen LogP contribution >= 0.6 is 0 Å². The van der Waals surface area contributed by atoms with Crippen LogP contribution in [0.3, 0.4) is 0 Å². The number of hydrogen-bond acceptors (Lipinski definition) is 4. The summed E-state index contributed by atoms with van der Waals surface area (Å²) in [6, 6.07) is 12.0. The molecule has 4 nitrogen and oxygen atoms in total. The SMILES string of the molecule is N#Cc1cccc(S(=O)(=O)Oc2cccc(F)c2)c1. The van der Waals surface area contributed by atoms with Crippen LogP contribution in [0.5, 0.6) is 5.75 Å². The molecular formula is C13H8FNO3S. The minimum atomic E-state index is -4.08. The molecule has 0 aliphatic heterocycles. The van der Waals surface area contributed by atoms with Gasteiger partial charge in [0.2, 0.25) is 0 Å². The number of nitriles is 1. The van der Waals surface area contributed by atoms with Gasteiger partial charge < -0.3 is 4.18 Å². The molecule has 0 bridgehead atoms. The molecule has 0 aliphatic rings. The Balaban J connectivity index is 2.35.